The fourth-order valence-electron chi connectivity index (χ4n) is 3.88. The van der Waals surface area contributed by atoms with Crippen LogP contribution in [0.25, 0.3) is 0 Å². The minimum absolute atomic E-state index is 0.209. The first-order valence-electron chi connectivity index (χ1n) is 8.98. The summed E-state index contributed by atoms with van der Waals surface area (Å²) in [4.78, 5) is 17.2. The van der Waals surface area contributed by atoms with E-state index < -0.39 is 0 Å². The third-order valence-electron chi connectivity index (χ3n) is 5.30. The molecule has 1 atom stereocenters. The molecule has 5 heteroatoms. The van der Waals surface area contributed by atoms with Gasteiger partial charge in [-0.2, -0.15) is 0 Å². The zero-order chi connectivity index (χ0) is 17.1. The highest BCUT2D eigenvalue weighted by Gasteiger charge is 2.30. The van der Waals surface area contributed by atoms with Crippen LogP contribution in [0.4, 0.5) is 0 Å². The second-order valence-corrected chi connectivity index (χ2v) is 8.14. The first kappa shape index (κ1) is 18.0. The van der Waals surface area contributed by atoms with Crippen LogP contribution < -0.4 is 0 Å². The topological polar surface area (TPSA) is 23.6 Å². The summed E-state index contributed by atoms with van der Waals surface area (Å²) in [6.07, 6.45) is 4.34. The van der Waals surface area contributed by atoms with Crippen molar-refractivity contribution in [3.8, 4) is 0 Å². The van der Waals surface area contributed by atoms with Crippen LogP contribution in [0.5, 0.6) is 0 Å². The minimum Gasteiger partial charge on any atom is -0.342 e. The van der Waals surface area contributed by atoms with Crippen molar-refractivity contribution in [1.29, 1.82) is 0 Å². The number of carbonyl (C=O) groups is 1. The third-order valence-corrected chi connectivity index (χ3v) is 6.03. The summed E-state index contributed by atoms with van der Waals surface area (Å²) in [5, 5.41) is 1.21. The minimum atomic E-state index is 0.209. The zero-order valence-electron chi connectivity index (χ0n) is 14.3. The Bertz CT molecular complexity index is 585. The lowest BCUT2D eigenvalue weighted by molar-refractivity contribution is -0.138. The van der Waals surface area contributed by atoms with Crippen molar-refractivity contribution in [3.05, 3.63) is 33.8 Å². The maximum atomic E-state index is 12.7. The predicted molar refractivity (Wildman–Crippen MR) is 99.4 cm³/mol. The van der Waals surface area contributed by atoms with Crippen molar-refractivity contribution in [2.24, 2.45) is 11.8 Å². The molecular weight excluding hydrogens is 343 g/mol. The van der Waals surface area contributed by atoms with Crippen molar-refractivity contribution in [2.45, 2.75) is 39.2 Å². The Morgan fingerprint density at radius 1 is 1.12 bits per heavy atom. The van der Waals surface area contributed by atoms with Gasteiger partial charge in [-0.1, -0.05) is 36.2 Å². The van der Waals surface area contributed by atoms with Crippen molar-refractivity contribution >= 4 is 29.1 Å². The Morgan fingerprint density at radius 2 is 1.88 bits per heavy atom. The maximum Gasteiger partial charge on any atom is 0.225 e. The van der Waals surface area contributed by atoms with E-state index in [1.807, 2.05) is 18.2 Å². The average molecular weight is 369 g/mol. The maximum absolute atomic E-state index is 12.7. The molecule has 2 aliphatic heterocycles. The van der Waals surface area contributed by atoms with Crippen molar-refractivity contribution in [1.82, 2.24) is 9.80 Å². The van der Waals surface area contributed by atoms with E-state index in [0.29, 0.717) is 21.9 Å². The number of halogens is 2. The molecule has 3 nitrogen and oxygen atoms in total. The summed E-state index contributed by atoms with van der Waals surface area (Å²) in [6, 6.07) is 5.82. The number of carbonyl (C=O) groups excluding carboxylic acids is 1. The van der Waals surface area contributed by atoms with Crippen molar-refractivity contribution < 1.29 is 4.79 Å². The molecule has 132 valence electrons. The van der Waals surface area contributed by atoms with Crippen LogP contribution in [-0.2, 0) is 11.3 Å². The van der Waals surface area contributed by atoms with E-state index in [4.69, 9.17) is 23.2 Å². The fraction of sp³-hybridized carbons (Fsp3) is 0.632. The smallest absolute Gasteiger partial charge is 0.225 e. The van der Waals surface area contributed by atoms with E-state index in [1.54, 1.807) is 0 Å². The molecule has 0 saturated carbocycles. The molecule has 24 heavy (non-hydrogen) atoms. The largest absolute Gasteiger partial charge is 0.342 e. The molecule has 0 aliphatic carbocycles. The lowest BCUT2D eigenvalue weighted by atomic mass is 9.92. The van der Waals surface area contributed by atoms with Gasteiger partial charge < -0.3 is 4.90 Å². The van der Waals surface area contributed by atoms with Gasteiger partial charge >= 0.3 is 0 Å². The standard InChI is InChI=1S/C19H26Cl2N2O/c1-14-3-2-8-23(12-14)19(24)16-6-9-22(10-7-16)13-15-4-5-17(20)18(21)11-15/h4-5,11,14,16H,2-3,6-10,12-13H2,1H3. The molecule has 2 fully saturated rings. The summed E-state index contributed by atoms with van der Waals surface area (Å²) >= 11 is 12.1. The van der Waals surface area contributed by atoms with E-state index in [2.05, 4.69) is 16.7 Å². The van der Waals surface area contributed by atoms with Gasteiger partial charge in [0.05, 0.1) is 10.0 Å². The molecule has 3 rings (SSSR count). The van der Waals surface area contributed by atoms with Crippen LogP contribution in [0.15, 0.2) is 18.2 Å². The molecule has 0 bridgehead atoms. The summed E-state index contributed by atoms with van der Waals surface area (Å²) in [6.45, 7) is 6.97. The molecule has 2 heterocycles. The highest BCUT2D eigenvalue weighted by atomic mass is 35.5. The average Bonchev–Trinajstić information content (AvgIpc) is 2.58. The lowest BCUT2D eigenvalue weighted by Gasteiger charge is -2.37. The van der Waals surface area contributed by atoms with Crippen LogP contribution in [0.1, 0.15) is 38.2 Å². The second-order valence-electron chi connectivity index (χ2n) is 7.33. The van der Waals surface area contributed by atoms with Gasteiger partial charge in [0.15, 0.2) is 0 Å². The molecule has 0 radical (unpaired) electrons. The molecule has 1 aromatic rings. The lowest BCUT2D eigenvalue weighted by Crippen LogP contribution is -2.45. The van der Waals surface area contributed by atoms with Crippen LogP contribution in [0, 0.1) is 11.8 Å². The number of rotatable bonds is 3. The number of hydrogen-bond donors (Lipinski definition) is 0. The van der Waals surface area contributed by atoms with Gasteiger partial charge in [0.1, 0.15) is 0 Å². The van der Waals surface area contributed by atoms with Crippen LogP contribution in [0.3, 0.4) is 0 Å². The number of nitrogens with zero attached hydrogens (tertiary/aromatic N) is 2. The number of likely N-dealkylation sites (tertiary alicyclic amines) is 2. The van der Waals surface area contributed by atoms with Gasteiger partial charge in [0, 0.05) is 25.6 Å². The van der Waals surface area contributed by atoms with E-state index >= 15 is 0 Å². The summed E-state index contributed by atoms with van der Waals surface area (Å²) < 4.78 is 0. The Balaban J connectivity index is 1.50. The molecule has 0 aromatic heterocycles. The predicted octanol–water partition coefficient (Wildman–Crippen LogP) is 4.46. The molecule has 0 spiro atoms. The third kappa shape index (κ3) is 4.44. The van der Waals surface area contributed by atoms with Gasteiger partial charge in [0.2, 0.25) is 5.91 Å². The summed E-state index contributed by atoms with van der Waals surface area (Å²) in [7, 11) is 0. The first-order chi connectivity index (χ1) is 11.5. The van der Waals surface area contributed by atoms with E-state index in [1.165, 1.54) is 12.0 Å². The van der Waals surface area contributed by atoms with Gasteiger partial charge in [-0.3, -0.25) is 9.69 Å². The second kappa shape index (κ2) is 8.07. The Labute approximate surface area is 154 Å². The number of hydrogen-bond acceptors (Lipinski definition) is 2. The molecule has 2 aliphatic rings. The van der Waals surface area contributed by atoms with Crippen LogP contribution in [0.2, 0.25) is 10.0 Å². The highest BCUT2D eigenvalue weighted by Crippen LogP contribution is 2.26. The first-order valence-corrected chi connectivity index (χ1v) is 9.73. The normalized spacial score (nSPS) is 23.5. The van der Waals surface area contributed by atoms with Gasteiger partial charge in [0.25, 0.3) is 0 Å². The molecule has 1 aromatic carbocycles. The SMILES string of the molecule is CC1CCCN(C(=O)C2CCN(Cc3ccc(Cl)c(Cl)c3)CC2)C1. The Hall–Kier alpha value is -0.770. The van der Waals surface area contributed by atoms with Crippen LogP contribution in [-0.4, -0.2) is 41.9 Å². The molecule has 0 N–H and O–H groups in total. The van der Waals surface area contributed by atoms with Crippen molar-refractivity contribution in [3.63, 3.8) is 0 Å². The highest BCUT2D eigenvalue weighted by molar-refractivity contribution is 6.42. The molecule has 1 amide bonds. The monoisotopic (exact) mass is 368 g/mol. The number of amides is 1. The van der Waals surface area contributed by atoms with Gasteiger partial charge in [-0.15, -0.1) is 0 Å². The molecule has 1 unspecified atom stereocenters. The van der Waals surface area contributed by atoms with Gasteiger partial charge in [-0.25, -0.2) is 0 Å². The molecular formula is C19H26Cl2N2O. The zero-order valence-corrected chi connectivity index (χ0v) is 15.8. The Morgan fingerprint density at radius 3 is 2.54 bits per heavy atom. The number of benzene rings is 1. The Kier molecular flexibility index (Phi) is 6.07. The van der Waals surface area contributed by atoms with Crippen molar-refractivity contribution in [2.75, 3.05) is 26.2 Å². The summed E-state index contributed by atoms with van der Waals surface area (Å²) in [5.41, 5.74) is 1.18. The quantitative estimate of drug-likeness (QED) is 0.785. The fourth-order valence-corrected chi connectivity index (χ4v) is 4.20. The van der Waals surface area contributed by atoms with Crippen LogP contribution >= 0.6 is 23.2 Å². The van der Waals surface area contributed by atoms with E-state index in [9.17, 15) is 4.79 Å². The molecule has 2 saturated heterocycles. The summed E-state index contributed by atoms with van der Waals surface area (Å²) in [5.74, 6) is 1.24. The number of piperidine rings is 2. The van der Waals surface area contributed by atoms with E-state index in [0.717, 1.165) is 52.0 Å². The van der Waals surface area contributed by atoms with Gasteiger partial charge in [-0.05, 0) is 62.4 Å². The van der Waals surface area contributed by atoms with E-state index in [-0.39, 0.29) is 5.92 Å².